The van der Waals surface area contributed by atoms with Crippen LogP contribution in [0.2, 0.25) is 0 Å². The van der Waals surface area contributed by atoms with Gasteiger partial charge in [-0.05, 0) is 17.7 Å². The lowest BCUT2D eigenvalue weighted by Crippen LogP contribution is -2.20. The highest BCUT2D eigenvalue weighted by Gasteiger charge is 2.21. The number of ether oxygens (including phenoxy) is 3. The zero-order valence-corrected chi connectivity index (χ0v) is 12.4. The number of benzene rings is 1. The molecule has 1 saturated heterocycles. The van der Waals surface area contributed by atoms with E-state index in [1.807, 2.05) is 0 Å². The van der Waals surface area contributed by atoms with Gasteiger partial charge >= 0.3 is 5.97 Å². The number of sulfonamides is 1. The van der Waals surface area contributed by atoms with E-state index in [1.54, 1.807) is 6.07 Å². The van der Waals surface area contributed by atoms with Crippen LogP contribution >= 0.6 is 0 Å². The summed E-state index contributed by atoms with van der Waals surface area (Å²) >= 11 is 0. The highest BCUT2D eigenvalue weighted by molar-refractivity contribution is 7.89. The van der Waals surface area contributed by atoms with Crippen LogP contribution in [-0.4, -0.2) is 40.8 Å². The highest BCUT2D eigenvalue weighted by atomic mass is 32.2. The van der Waals surface area contributed by atoms with Gasteiger partial charge in [-0.3, -0.25) is 4.79 Å². The van der Waals surface area contributed by atoms with Gasteiger partial charge in [0.05, 0.1) is 26.7 Å². The van der Waals surface area contributed by atoms with E-state index in [4.69, 9.17) is 19.3 Å². The Balaban J connectivity index is 2.11. The molecule has 0 bridgehead atoms. The minimum Gasteiger partial charge on any atom is -0.495 e. The van der Waals surface area contributed by atoms with Gasteiger partial charge in [-0.2, -0.15) is 0 Å². The van der Waals surface area contributed by atoms with Gasteiger partial charge in [0, 0.05) is 6.42 Å². The van der Waals surface area contributed by atoms with Crippen molar-refractivity contribution in [2.24, 2.45) is 5.14 Å². The summed E-state index contributed by atoms with van der Waals surface area (Å²) in [6.07, 6.45) is 0.410. The molecule has 21 heavy (non-hydrogen) atoms. The first kappa shape index (κ1) is 15.7. The van der Waals surface area contributed by atoms with Crippen LogP contribution in [0.1, 0.15) is 12.0 Å². The fourth-order valence-electron chi connectivity index (χ4n) is 2.05. The zero-order chi connectivity index (χ0) is 15.5. The summed E-state index contributed by atoms with van der Waals surface area (Å²) in [7, 11) is -2.58. The lowest BCUT2D eigenvalue weighted by Gasteiger charge is -2.11. The second-order valence-corrected chi connectivity index (χ2v) is 6.21. The molecule has 0 aromatic heterocycles. The van der Waals surface area contributed by atoms with Crippen molar-refractivity contribution in [3.8, 4) is 5.75 Å². The van der Waals surface area contributed by atoms with Crippen molar-refractivity contribution in [3.05, 3.63) is 23.8 Å². The fraction of sp³-hybridized carbons (Fsp3) is 0.462. The van der Waals surface area contributed by atoms with Crippen LogP contribution < -0.4 is 9.88 Å². The topological polar surface area (TPSA) is 105 Å². The Labute approximate surface area is 123 Å². The number of carbonyl (C=O) groups excluding carboxylic acids is 1. The van der Waals surface area contributed by atoms with E-state index in [0.717, 1.165) is 0 Å². The SMILES string of the molecule is COc1ccc(CC(=O)OC2CCOC2)cc1S(N)(=O)=O. The molecule has 0 aliphatic carbocycles. The molecule has 0 amide bonds. The molecule has 7 nitrogen and oxygen atoms in total. The number of rotatable bonds is 5. The van der Waals surface area contributed by atoms with Gasteiger partial charge in [0.15, 0.2) is 0 Å². The third-order valence-corrected chi connectivity index (χ3v) is 4.00. The number of nitrogens with two attached hydrogens (primary N) is 1. The standard InChI is InChI=1S/C13H17NO6S/c1-18-11-3-2-9(6-12(11)21(14,16)17)7-13(15)20-10-4-5-19-8-10/h2-3,6,10H,4-5,7-8H2,1H3,(H2,14,16,17). The molecule has 1 fully saturated rings. The molecule has 1 unspecified atom stereocenters. The van der Waals surface area contributed by atoms with E-state index >= 15 is 0 Å². The van der Waals surface area contributed by atoms with E-state index in [0.29, 0.717) is 25.2 Å². The second kappa shape index (κ2) is 6.42. The average molecular weight is 315 g/mol. The molecule has 1 aromatic carbocycles. The van der Waals surface area contributed by atoms with Crippen molar-refractivity contribution in [3.63, 3.8) is 0 Å². The lowest BCUT2D eigenvalue weighted by atomic mass is 10.1. The number of esters is 1. The molecule has 0 saturated carbocycles. The van der Waals surface area contributed by atoms with Crippen LogP contribution in [0, 0.1) is 0 Å². The molecule has 0 spiro atoms. The van der Waals surface area contributed by atoms with Gasteiger partial charge in [0.25, 0.3) is 0 Å². The summed E-state index contributed by atoms with van der Waals surface area (Å²) in [6.45, 7) is 0.979. The first-order valence-electron chi connectivity index (χ1n) is 6.37. The van der Waals surface area contributed by atoms with E-state index in [9.17, 15) is 13.2 Å². The first-order valence-corrected chi connectivity index (χ1v) is 7.91. The van der Waals surface area contributed by atoms with Crippen molar-refractivity contribution in [2.75, 3.05) is 20.3 Å². The van der Waals surface area contributed by atoms with Gasteiger partial charge < -0.3 is 14.2 Å². The smallest absolute Gasteiger partial charge is 0.310 e. The van der Waals surface area contributed by atoms with Crippen molar-refractivity contribution < 1.29 is 27.4 Å². The Kier molecular flexibility index (Phi) is 4.81. The van der Waals surface area contributed by atoms with Crippen molar-refractivity contribution >= 4 is 16.0 Å². The van der Waals surface area contributed by atoms with Crippen LogP contribution in [0.3, 0.4) is 0 Å². The van der Waals surface area contributed by atoms with E-state index in [-0.39, 0.29) is 23.2 Å². The summed E-state index contributed by atoms with van der Waals surface area (Å²) in [6, 6.07) is 4.38. The third kappa shape index (κ3) is 4.16. The normalized spacial score (nSPS) is 18.5. The van der Waals surface area contributed by atoms with Crippen molar-refractivity contribution in [1.82, 2.24) is 0 Å². The summed E-state index contributed by atoms with van der Waals surface area (Å²) < 4.78 is 38.3. The molecule has 1 aliphatic heterocycles. The fourth-order valence-corrected chi connectivity index (χ4v) is 2.80. The maximum atomic E-state index is 11.8. The molecular weight excluding hydrogens is 298 g/mol. The molecule has 2 rings (SSSR count). The predicted octanol–water partition coefficient (Wildman–Crippen LogP) is 0.217. The largest absolute Gasteiger partial charge is 0.495 e. The highest BCUT2D eigenvalue weighted by Crippen LogP contribution is 2.24. The van der Waals surface area contributed by atoms with Crippen LogP contribution in [0.25, 0.3) is 0 Å². The van der Waals surface area contributed by atoms with Crippen molar-refractivity contribution in [2.45, 2.75) is 23.8 Å². The quantitative estimate of drug-likeness (QED) is 0.779. The summed E-state index contributed by atoms with van der Waals surface area (Å²) in [5, 5.41) is 5.12. The minimum atomic E-state index is -3.92. The summed E-state index contributed by atoms with van der Waals surface area (Å²) in [4.78, 5) is 11.6. The Bertz CT molecular complexity index is 622. The second-order valence-electron chi connectivity index (χ2n) is 4.68. The van der Waals surface area contributed by atoms with Gasteiger partial charge in [-0.15, -0.1) is 0 Å². The molecule has 1 atom stereocenters. The number of carbonyl (C=O) groups is 1. The lowest BCUT2D eigenvalue weighted by molar-refractivity contribution is -0.148. The maximum Gasteiger partial charge on any atom is 0.310 e. The van der Waals surface area contributed by atoms with Gasteiger partial charge in [-0.1, -0.05) is 6.07 Å². The molecule has 1 heterocycles. The number of primary sulfonamides is 1. The maximum absolute atomic E-state index is 11.8. The number of methoxy groups -OCH3 is 1. The summed E-state index contributed by atoms with van der Waals surface area (Å²) in [5.41, 5.74) is 0.490. The van der Waals surface area contributed by atoms with Crippen LogP contribution in [0.15, 0.2) is 23.1 Å². The van der Waals surface area contributed by atoms with Crippen LogP contribution in [0.4, 0.5) is 0 Å². The monoisotopic (exact) mass is 315 g/mol. The average Bonchev–Trinajstić information content (AvgIpc) is 2.90. The van der Waals surface area contributed by atoms with Gasteiger partial charge in [0.2, 0.25) is 10.0 Å². The molecule has 8 heteroatoms. The van der Waals surface area contributed by atoms with Gasteiger partial charge in [-0.25, -0.2) is 13.6 Å². The Morgan fingerprint density at radius 2 is 2.24 bits per heavy atom. The first-order chi connectivity index (χ1) is 9.90. The van der Waals surface area contributed by atoms with Crippen LogP contribution in [0.5, 0.6) is 5.75 Å². The Morgan fingerprint density at radius 1 is 1.48 bits per heavy atom. The molecule has 2 N–H and O–H groups in total. The number of hydrogen-bond donors (Lipinski definition) is 1. The minimum absolute atomic E-state index is 0.0387. The number of hydrogen-bond acceptors (Lipinski definition) is 6. The molecular formula is C13H17NO6S. The molecule has 116 valence electrons. The molecule has 1 aromatic rings. The Hall–Kier alpha value is -1.64. The van der Waals surface area contributed by atoms with E-state index in [1.165, 1.54) is 19.2 Å². The predicted molar refractivity (Wildman–Crippen MR) is 73.4 cm³/mol. The van der Waals surface area contributed by atoms with E-state index in [2.05, 4.69) is 0 Å². The van der Waals surface area contributed by atoms with Crippen LogP contribution in [-0.2, 0) is 30.7 Å². The molecule has 0 radical (unpaired) electrons. The van der Waals surface area contributed by atoms with Gasteiger partial charge in [0.1, 0.15) is 16.7 Å². The van der Waals surface area contributed by atoms with E-state index < -0.39 is 16.0 Å². The third-order valence-electron chi connectivity index (χ3n) is 3.07. The van der Waals surface area contributed by atoms with Crippen molar-refractivity contribution in [1.29, 1.82) is 0 Å². The zero-order valence-electron chi connectivity index (χ0n) is 11.6. The Morgan fingerprint density at radius 3 is 2.81 bits per heavy atom. The molecule has 1 aliphatic rings. The summed E-state index contributed by atoms with van der Waals surface area (Å²) in [5.74, 6) is -0.296.